The van der Waals surface area contributed by atoms with E-state index in [1.54, 1.807) is 6.92 Å². The minimum atomic E-state index is -0.758. The molecule has 1 aliphatic heterocycles. The van der Waals surface area contributed by atoms with Crippen molar-refractivity contribution in [1.29, 1.82) is 0 Å². The third-order valence-corrected chi connectivity index (χ3v) is 9.03. The maximum atomic E-state index is 12.8. The average Bonchev–Trinajstić information content (AvgIpc) is 3.34. The van der Waals surface area contributed by atoms with Gasteiger partial charge in [0.25, 0.3) is 17.5 Å². The van der Waals surface area contributed by atoms with Gasteiger partial charge in [0.05, 0.1) is 31.1 Å². The van der Waals surface area contributed by atoms with E-state index in [4.69, 9.17) is 14.3 Å². The second-order valence-corrected chi connectivity index (χ2v) is 12.6. The lowest BCUT2D eigenvalue weighted by Gasteiger charge is -2.32. The van der Waals surface area contributed by atoms with Gasteiger partial charge in [0, 0.05) is 31.2 Å². The normalized spacial score (nSPS) is 14.0. The van der Waals surface area contributed by atoms with E-state index in [0.717, 1.165) is 19.3 Å². The van der Waals surface area contributed by atoms with Crippen molar-refractivity contribution in [2.75, 3.05) is 13.7 Å². The number of benzene rings is 1. The van der Waals surface area contributed by atoms with E-state index in [0.29, 0.717) is 22.5 Å². The Morgan fingerprint density at radius 2 is 1.54 bits per heavy atom. The fourth-order valence-corrected chi connectivity index (χ4v) is 6.47. The highest BCUT2D eigenvalue weighted by Gasteiger charge is 2.33. The molecule has 1 aliphatic rings. The molecule has 0 radical (unpaired) electrons. The molecule has 0 saturated carbocycles. The Balaban J connectivity index is 1.83. The fourth-order valence-electron chi connectivity index (χ4n) is 6.47. The van der Waals surface area contributed by atoms with Crippen LogP contribution in [0.3, 0.4) is 0 Å². The minimum Gasteiger partial charge on any atom is -0.493 e. The molecule has 11 nitrogen and oxygen atoms in total. The smallest absolute Gasteiger partial charge is 0.333 e. The van der Waals surface area contributed by atoms with Gasteiger partial charge in [0.15, 0.2) is 11.5 Å². The summed E-state index contributed by atoms with van der Waals surface area (Å²) in [6, 6.07) is 2.82. The number of ether oxygens (including phenoxy) is 2. The molecule has 11 heteroatoms. The molecule has 1 atom stereocenters. The van der Waals surface area contributed by atoms with E-state index < -0.39 is 22.7 Å². The largest absolute Gasteiger partial charge is 0.493 e. The first kappa shape index (κ1) is 38.7. The molecule has 0 aliphatic carbocycles. The number of hydrogen-bond donors (Lipinski definition) is 0. The number of carbonyl (C=O) groups is 4. The molecule has 0 aromatic heterocycles. The number of rotatable bonds is 24. The Labute approximate surface area is 273 Å². The first-order valence-electron chi connectivity index (χ1n) is 17.1. The first-order chi connectivity index (χ1) is 22.0. The summed E-state index contributed by atoms with van der Waals surface area (Å²) in [4.78, 5) is 64.3. The van der Waals surface area contributed by atoms with Crippen molar-refractivity contribution < 1.29 is 38.4 Å². The van der Waals surface area contributed by atoms with Crippen LogP contribution in [0.4, 0.5) is 5.69 Å². The summed E-state index contributed by atoms with van der Waals surface area (Å²) >= 11 is 0. The number of amides is 2. The molecular formula is C35H54N2O9. The monoisotopic (exact) mass is 646 g/mol. The molecule has 1 heterocycles. The molecule has 46 heavy (non-hydrogen) atoms. The molecule has 0 spiro atoms. The molecule has 1 fully saturated rings. The minimum absolute atomic E-state index is 0.00878. The number of hydroxylamine groups is 2. The number of nitrogens with zero attached hydrogens (tertiary/aromatic N) is 2. The number of hydrogen-bond acceptors (Lipinski definition) is 9. The molecule has 258 valence electrons. The zero-order valence-electron chi connectivity index (χ0n) is 28.5. The molecule has 1 saturated heterocycles. The van der Waals surface area contributed by atoms with Crippen LogP contribution in [0.25, 0.3) is 0 Å². The summed E-state index contributed by atoms with van der Waals surface area (Å²) < 4.78 is 11.1. The van der Waals surface area contributed by atoms with Crippen LogP contribution in [0.2, 0.25) is 0 Å². The van der Waals surface area contributed by atoms with Gasteiger partial charge >= 0.3 is 5.97 Å². The predicted molar refractivity (Wildman–Crippen MR) is 174 cm³/mol. The van der Waals surface area contributed by atoms with Crippen molar-refractivity contribution in [3.63, 3.8) is 0 Å². The number of ketones is 1. The van der Waals surface area contributed by atoms with Crippen molar-refractivity contribution in [3.8, 4) is 11.5 Å². The molecule has 2 rings (SSSR count). The van der Waals surface area contributed by atoms with Crippen molar-refractivity contribution in [3.05, 3.63) is 27.8 Å². The second kappa shape index (κ2) is 19.9. The fraction of sp³-hybridized carbons (Fsp3) is 0.714. The lowest BCUT2D eigenvalue weighted by Crippen LogP contribution is -2.32. The zero-order valence-corrected chi connectivity index (χ0v) is 28.5. The van der Waals surface area contributed by atoms with Crippen molar-refractivity contribution in [2.45, 2.75) is 143 Å². The van der Waals surface area contributed by atoms with Gasteiger partial charge in [-0.1, -0.05) is 72.6 Å². The third kappa shape index (κ3) is 12.0. The number of carbonyl (C=O) groups excluding carboxylic acids is 4. The Bertz CT molecular complexity index is 1160. The summed E-state index contributed by atoms with van der Waals surface area (Å²) in [5, 5.41) is 12.4. The van der Waals surface area contributed by atoms with Crippen LogP contribution in [-0.2, 0) is 24.0 Å². The van der Waals surface area contributed by atoms with E-state index in [2.05, 4.69) is 20.8 Å². The predicted octanol–water partition coefficient (Wildman–Crippen LogP) is 8.16. The van der Waals surface area contributed by atoms with Crippen LogP contribution in [0.15, 0.2) is 12.1 Å². The molecule has 2 amide bonds. The number of Topliss-reactive ketones (excluding diaryl/α,β-unsaturated/α-hetero) is 1. The zero-order chi connectivity index (χ0) is 34.1. The standard InChI is InChI=1S/C35H54N2O9/c1-6-19-35(8-3,20-7-2)21-13-11-9-10-12-15-27(38)23-26(4)28-24-30(44-5)31(25-29(28)37(42)43)45-22-14-16-34(41)46-36-32(39)17-18-33(36)40/h24-26H,6-23H2,1-5H3. The molecule has 1 unspecified atom stereocenters. The highest BCUT2D eigenvalue weighted by atomic mass is 16.7. The van der Waals surface area contributed by atoms with Gasteiger partial charge in [-0.25, -0.2) is 4.79 Å². The lowest BCUT2D eigenvalue weighted by molar-refractivity contribution is -0.385. The van der Waals surface area contributed by atoms with Gasteiger partial charge in [-0.3, -0.25) is 24.5 Å². The van der Waals surface area contributed by atoms with Crippen LogP contribution in [-0.4, -0.2) is 47.3 Å². The Morgan fingerprint density at radius 1 is 0.913 bits per heavy atom. The quantitative estimate of drug-likeness (QED) is 0.0470. The molecule has 1 aromatic rings. The van der Waals surface area contributed by atoms with Gasteiger partial charge in [-0.05, 0) is 49.5 Å². The summed E-state index contributed by atoms with van der Waals surface area (Å²) in [5.41, 5.74) is 0.710. The summed E-state index contributed by atoms with van der Waals surface area (Å²) in [7, 11) is 1.42. The number of nitro benzene ring substituents is 1. The molecule has 1 aromatic carbocycles. The van der Waals surface area contributed by atoms with Crippen LogP contribution in [0.1, 0.15) is 148 Å². The van der Waals surface area contributed by atoms with Gasteiger partial charge in [0.1, 0.15) is 5.78 Å². The number of nitro groups is 1. The van der Waals surface area contributed by atoms with E-state index in [-0.39, 0.29) is 67.6 Å². The highest BCUT2D eigenvalue weighted by molar-refractivity contribution is 6.01. The van der Waals surface area contributed by atoms with Crippen molar-refractivity contribution in [2.24, 2.45) is 5.41 Å². The summed E-state index contributed by atoms with van der Waals surface area (Å²) in [6.07, 6.45) is 13.7. The van der Waals surface area contributed by atoms with Gasteiger partial charge < -0.3 is 14.3 Å². The van der Waals surface area contributed by atoms with Gasteiger partial charge in [0.2, 0.25) is 0 Å². The molecular weight excluding hydrogens is 592 g/mol. The van der Waals surface area contributed by atoms with Crippen molar-refractivity contribution in [1.82, 2.24) is 5.06 Å². The van der Waals surface area contributed by atoms with E-state index in [1.165, 1.54) is 70.6 Å². The number of unbranched alkanes of at least 4 members (excludes halogenated alkanes) is 4. The third-order valence-electron chi connectivity index (χ3n) is 9.03. The second-order valence-electron chi connectivity index (χ2n) is 12.6. The summed E-state index contributed by atoms with van der Waals surface area (Å²) in [5.74, 6) is -1.77. The van der Waals surface area contributed by atoms with Gasteiger partial charge in [-0.2, -0.15) is 0 Å². The van der Waals surface area contributed by atoms with Crippen LogP contribution >= 0.6 is 0 Å². The Morgan fingerprint density at radius 3 is 2.13 bits per heavy atom. The Hall–Kier alpha value is -3.50. The first-order valence-corrected chi connectivity index (χ1v) is 17.1. The van der Waals surface area contributed by atoms with Gasteiger partial charge in [-0.15, -0.1) is 5.06 Å². The maximum absolute atomic E-state index is 12.8. The highest BCUT2D eigenvalue weighted by Crippen LogP contribution is 2.40. The average molecular weight is 647 g/mol. The van der Waals surface area contributed by atoms with E-state index >= 15 is 0 Å². The van der Waals surface area contributed by atoms with Crippen LogP contribution < -0.4 is 9.47 Å². The lowest BCUT2D eigenvalue weighted by atomic mass is 9.73. The van der Waals surface area contributed by atoms with E-state index in [9.17, 15) is 29.3 Å². The summed E-state index contributed by atoms with van der Waals surface area (Å²) in [6.45, 7) is 8.68. The molecule has 0 bridgehead atoms. The SMILES string of the molecule is CCCC(CC)(CCC)CCCCCCCC(=O)CC(C)c1cc(OC)c(OCCCC(=O)ON2C(=O)CCC2=O)cc1[N+](=O)[O-]. The van der Waals surface area contributed by atoms with Crippen LogP contribution in [0.5, 0.6) is 11.5 Å². The topological polar surface area (TPSA) is 142 Å². The number of methoxy groups -OCH3 is 1. The maximum Gasteiger partial charge on any atom is 0.333 e. The Kier molecular flexibility index (Phi) is 16.7. The molecule has 0 N–H and O–H groups in total. The van der Waals surface area contributed by atoms with Crippen LogP contribution in [0, 0.1) is 15.5 Å². The number of imide groups is 1. The van der Waals surface area contributed by atoms with Crippen molar-refractivity contribution >= 4 is 29.3 Å². The van der Waals surface area contributed by atoms with E-state index in [1.807, 2.05) is 0 Å².